The summed E-state index contributed by atoms with van der Waals surface area (Å²) in [5.74, 6) is 0.913. The number of hydrogen-bond donors (Lipinski definition) is 1. The summed E-state index contributed by atoms with van der Waals surface area (Å²) in [6.45, 7) is 6.21. The lowest BCUT2D eigenvalue weighted by Crippen LogP contribution is -2.16. The molecule has 1 N–H and O–H groups in total. The van der Waals surface area contributed by atoms with Crippen molar-refractivity contribution in [3.05, 3.63) is 0 Å². The standard InChI is InChI=1S/C9H18O2S/c1-4-7(3)6-12-8(5-2)9(10)11/h7-8H,4-6H2,1-3H3,(H,10,11). The number of carboxylic acid groups (broad SMARTS) is 1. The van der Waals surface area contributed by atoms with Crippen molar-refractivity contribution >= 4 is 17.7 Å². The smallest absolute Gasteiger partial charge is 0.316 e. The maximum atomic E-state index is 10.6. The van der Waals surface area contributed by atoms with Gasteiger partial charge in [-0.2, -0.15) is 0 Å². The molecule has 0 aromatic rings. The molecule has 0 aliphatic carbocycles. The van der Waals surface area contributed by atoms with Crippen LogP contribution in [0.5, 0.6) is 0 Å². The lowest BCUT2D eigenvalue weighted by atomic mass is 10.2. The molecular formula is C9H18O2S. The Morgan fingerprint density at radius 1 is 1.42 bits per heavy atom. The zero-order valence-corrected chi connectivity index (χ0v) is 8.86. The maximum absolute atomic E-state index is 10.6. The van der Waals surface area contributed by atoms with E-state index in [-0.39, 0.29) is 5.25 Å². The van der Waals surface area contributed by atoms with E-state index >= 15 is 0 Å². The van der Waals surface area contributed by atoms with E-state index in [9.17, 15) is 4.79 Å². The number of carboxylic acids is 1. The Kier molecular flexibility index (Phi) is 6.25. The molecule has 2 unspecified atom stereocenters. The highest BCUT2D eigenvalue weighted by Gasteiger charge is 2.15. The fourth-order valence-electron chi connectivity index (χ4n) is 0.762. The average Bonchev–Trinajstić information content (AvgIpc) is 2.04. The molecule has 0 bridgehead atoms. The molecule has 0 heterocycles. The van der Waals surface area contributed by atoms with Gasteiger partial charge in [-0.15, -0.1) is 11.8 Å². The predicted octanol–water partition coefficient (Wildman–Crippen LogP) is 2.63. The summed E-state index contributed by atoms with van der Waals surface area (Å²) in [4.78, 5) is 10.6. The first kappa shape index (κ1) is 11.8. The molecular weight excluding hydrogens is 172 g/mol. The Bertz CT molecular complexity index is 136. The van der Waals surface area contributed by atoms with E-state index in [1.54, 1.807) is 11.8 Å². The number of thioether (sulfide) groups is 1. The van der Waals surface area contributed by atoms with E-state index < -0.39 is 5.97 Å². The minimum absolute atomic E-state index is 0.209. The lowest BCUT2D eigenvalue weighted by molar-refractivity contribution is -0.136. The molecule has 0 amide bonds. The first-order valence-corrected chi connectivity index (χ1v) is 5.51. The highest BCUT2D eigenvalue weighted by molar-refractivity contribution is 8.00. The van der Waals surface area contributed by atoms with E-state index in [0.29, 0.717) is 5.92 Å². The maximum Gasteiger partial charge on any atom is 0.316 e. The van der Waals surface area contributed by atoms with E-state index in [1.165, 1.54) is 0 Å². The van der Waals surface area contributed by atoms with E-state index in [2.05, 4.69) is 13.8 Å². The normalized spacial score (nSPS) is 15.6. The van der Waals surface area contributed by atoms with Crippen molar-refractivity contribution in [3.8, 4) is 0 Å². The molecule has 0 fully saturated rings. The molecule has 0 aliphatic rings. The minimum atomic E-state index is -0.675. The third kappa shape index (κ3) is 4.65. The van der Waals surface area contributed by atoms with E-state index in [0.717, 1.165) is 18.6 Å². The Hall–Kier alpha value is -0.180. The van der Waals surface area contributed by atoms with Crippen LogP contribution in [0.3, 0.4) is 0 Å². The molecule has 0 aliphatic heterocycles. The summed E-state index contributed by atoms with van der Waals surface area (Å²) >= 11 is 1.56. The molecule has 2 nitrogen and oxygen atoms in total. The van der Waals surface area contributed by atoms with Gasteiger partial charge in [0.25, 0.3) is 0 Å². The van der Waals surface area contributed by atoms with Gasteiger partial charge in [0, 0.05) is 0 Å². The summed E-state index contributed by atoms with van der Waals surface area (Å²) in [5, 5.41) is 8.53. The minimum Gasteiger partial charge on any atom is -0.480 e. The Morgan fingerprint density at radius 2 is 2.00 bits per heavy atom. The Balaban J connectivity index is 3.65. The second-order valence-electron chi connectivity index (χ2n) is 3.08. The first-order valence-electron chi connectivity index (χ1n) is 4.46. The van der Waals surface area contributed by atoms with Gasteiger partial charge in [-0.1, -0.05) is 27.2 Å². The van der Waals surface area contributed by atoms with Crippen molar-refractivity contribution in [1.82, 2.24) is 0 Å². The van der Waals surface area contributed by atoms with Crippen LogP contribution in [-0.2, 0) is 4.79 Å². The monoisotopic (exact) mass is 190 g/mol. The summed E-state index contributed by atoms with van der Waals surface area (Å²) < 4.78 is 0. The third-order valence-electron chi connectivity index (χ3n) is 1.93. The molecule has 12 heavy (non-hydrogen) atoms. The average molecular weight is 190 g/mol. The van der Waals surface area contributed by atoms with Gasteiger partial charge in [-0.25, -0.2) is 0 Å². The predicted molar refractivity (Wildman–Crippen MR) is 53.6 cm³/mol. The van der Waals surface area contributed by atoms with Gasteiger partial charge in [0.05, 0.1) is 0 Å². The molecule has 3 heteroatoms. The van der Waals surface area contributed by atoms with Gasteiger partial charge in [0.1, 0.15) is 5.25 Å². The Labute approximate surface area is 78.7 Å². The second kappa shape index (κ2) is 6.35. The van der Waals surface area contributed by atoms with Crippen molar-refractivity contribution in [2.45, 2.75) is 38.9 Å². The quantitative estimate of drug-likeness (QED) is 0.699. The second-order valence-corrected chi connectivity index (χ2v) is 4.32. The molecule has 0 saturated heterocycles. The van der Waals surface area contributed by atoms with Crippen LogP contribution < -0.4 is 0 Å². The van der Waals surface area contributed by atoms with Crippen LogP contribution in [-0.4, -0.2) is 22.1 Å². The molecule has 0 spiro atoms. The van der Waals surface area contributed by atoms with Crippen LogP contribution in [0.4, 0.5) is 0 Å². The molecule has 0 radical (unpaired) electrons. The van der Waals surface area contributed by atoms with Gasteiger partial charge in [-0.3, -0.25) is 4.79 Å². The molecule has 0 aromatic carbocycles. The zero-order valence-electron chi connectivity index (χ0n) is 8.04. The van der Waals surface area contributed by atoms with Crippen LogP contribution >= 0.6 is 11.8 Å². The topological polar surface area (TPSA) is 37.3 Å². The first-order chi connectivity index (χ1) is 5.61. The lowest BCUT2D eigenvalue weighted by Gasteiger charge is -2.12. The largest absolute Gasteiger partial charge is 0.480 e. The number of hydrogen-bond acceptors (Lipinski definition) is 2. The summed E-state index contributed by atoms with van der Waals surface area (Å²) in [7, 11) is 0. The van der Waals surface area contributed by atoms with Crippen LogP contribution in [0.1, 0.15) is 33.6 Å². The van der Waals surface area contributed by atoms with Crippen molar-refractivity contribution < 1.29 is 9.90 Å². The fourth-order valence-corrected chi connectivity index (χ4v) is 1.94. The number of aliphatic carboxylic acids is 1. The molecule has 0 aromatic heterocycles. The van der Waals surface area contributed by atoms with Gasteiger partial charge >= 0.3 is 5.97 Å². The van der Waals surface area contributed by atoms with Crippen LogP contribution in [0, 0.1) is 5.92 Å². The van der Waals surface area contributed by atoms with Gasteiger partial charge in [0.15, 0.2) is 0 Å². The summed E-state index contributed by atoms with van der Waals surface area (Å²) in [6, 6.07) is 0. The Morgan fingerprint density at radius 3 is 2.33 bits per heavy atom. The van der Waals surface area contributed by atoms with Gasteiger partial charge in [0.2, 0.25) is 0 Å². The van der Waals surface area contributed by atoms with Crippen LogP contribution in [0.2, 0.25) is 0 Å². The van der Waals surface area contributed by atoms with Crippen LogP contribution in [0.25, 0.3) is 0 Å². The number of rotatable bonds is 6. The van der Waals surface area contributed by atoms with E-state index in [4.69, 9.17) is 5.11 Å². The van der Waals surface area contributed by atoms with Crippen molar-refractivity contribution in [2.24, 2.45) is 5.92 Å². The van der Waals surface area contributed by atoms with Crippen molar-refractivity contribution in [1.29, 1.82) is 0 Å². The van der Waals surface area contributed by atoms with Crippen LogP contribution in [0.15, 0.2) is 0 Å². The van der Waals surface area contributed by atoms with Gasteiger partial charge in [-0.05, 0) is 18.1 Å². The van der Waals surface area contributed by atoms with Gasteiger partial charge < -0.3 is 5.11 Å². The third-order valence-corrected chi connectivity index (χ3v) is 3.62. The fraction of sp³-hybridized carbons (Fsp3) is 0.889. The number of carbonyl (C=O) groups is 1. The summed E-state index contributed by atoms with van der Waals surface area (Å²) in [5.41, 5.74) is 0. The molecule has 0 saturated carbocycles. The SMILES string of the molecule is CCC(C)CSC(CC)C(=O)O. The highest BCUT2D eigenvalue weighted by Crippen LogP contribution is 2.19. The molecule has 0 rings (SSSR count). The zero-order chi connectivity index (χ0) is 9.56. The summed E-state index contributed by atoms with van der Waals surface area (Å²) in [6.07, 6.45) is 1.85. The van der Waals surface area contributed by atoms with Crippen molar-refractivity contribution in [2.75, 3.05) is 5.75 Å². The molecule has 2 atom stereocenters. The highest BCUT2D eigenvalue weighted by atomic mass is 32.2. The van der Waals surface area contributed by atoms with E-state index in [1.807, 2.05) is 6.92 Å². The molecule has 72 valence electrons. The van der Waals surface area contributed by atoms with Crippen molar-refractivity contribution in [3.63, 3.8) is 0 Å².